The second-order valence-electron chi connectivity index (χ2n) is 28.0. The van der Waals surface area contributed by atoms with E-state index in [1.54, 1.807) is 0 Å². The monoisotopic (exact) mass is 1380 g/mol. The predicted octanol–water partition coefficient (Wildman–Crippen LogP) is 27.3. The Labute approximate surface area is 605 Å². The fraction of sp³-hybridized carbons (Fsp3) is 0.705. The summed E-state index contributed by atoms with van der Waals surface area (Å²) in [6.45, 7) is 4.24. The molecule has 0 radical (unpaired) electrons. The van der Waals surface area contributed by atoms with E-state index in [0.29, 0.717) is 17.4 Å². The molecule has 0 rings (SSSR count). The highest BCUT2D eigenvalue weighted by atomic mass is 31.2. The molecule has 9 nitrogen and oxygen atoms in total. The Hall–Kier alpha value is -4.11. The van der Waals surface area contributed by atoms with E-state index in [1.807, 2.05) is 21.1 Å². The van der Waals surface area contributed by atoms with Gasteiger partial charge in [-0.2, -0.15) is 0 Å². The Balaban J connectivity index is 3.96. The van der Waals surface area contributed by atoms with Gasteiger partial charge in [-0.1, -0.05) is 365 Å². The minimum Gasteiger partial charge on any atom is -0.462 e. The highest BCUT2D eigenvalue weighted by Gasteiger charge is 2.27. The Kier molecular flexibility index (Phi) is 73.8. The fourth-order valence-corrected chi connectivity index (χ4v) is 12.0. The summed E-state index contributed by atoms with van der Waals surface area (Å²) in [5, 5.41) is 0. The topological polar surface area (TPSA) is 108 Å². The maximum Gasteiger partial charge on any atom is 0.472 e. The van der Waals surface area contributed by atoms with Crippen LogP contribution in [0.4, 0.5) is 0 Å². The van der Waals surface area contributed by atoms with Gasteiger partial charge in [0.2, 0.25) is 0 Å². The van der Waals surface area contributed by atoms with Gasteiger partial charge in [0.25, 0.3) is 0 Å². The Morgan fingerprint density at radius 1 is 0.316 bits per heavy atom. The van der Waals surface area contributed by atoms with Crippen LogP contribution in [0, 0.1) is 0 Å². The summed E-state index contributed by atoms with van der Waals surface area (Å²) >= 11 is 0. The molecule has 2 unspecified atom stereocenters. The number of ether oxygens (including phenoxy) is 2. The zero-order valence-electron chi connectivity index (χ0n) is 64.2. The van der Waals surface area contributed by atoms with Crippen LogP contribution in [0.2, 0.25) is 0 Å². The third-order valence-electron chi connectivity index (χ3n) is 17.4. The predicted molar refractivity (Wildman–Crippen MR) is 427 cm³/mol. The molecular formula is C88H153NO8P+. The van der Waals surface area contributed by atoms with Crippen molar-refractivity contribution in [3.8, 4) is 0 Å². The summed E-state index contributed by atoms with van der Waals surface area (Å²) in [7, 11) is 1.48. The molecular weight excluding hydrogens is 1230 g/mol. The second-order valence-corrected chi connectivity index (χ2v) is 29.5. The van der Waals surface area contributed by atoms with E-state index in [4.69, 9.17) is 18.5 Å². The zero-order chi connectivity index (χ0) is 71.1. The summed E-state index contributed by atoms with van der Waals surface area (Å²) in [5.41, 5.74) is 0. The van der Waals surface area contributed by atoms with Gasteiger partial charge in [0.1, 0.15) is 19.8 Å². The molecule has 0 aliphatic rings. The summed E-state index contributed by atoms with van der Waals surface area (Å²) in [6.07, 6.45) is 114. The van der Waals surface area contributed by atoms with Crippen molar-refractivity contribution in [1.29, 1.82) is 0 Å². The van der Waals surface area contributed by atoms with Crippen molar-refractivity contribution in [2.45, 2.75) is 354 Å². The quantitative estimate of drug-likeness (QED) is 0.0211. The van der Waals surface area contributed by atoms with Gasteiger partial charge in [-0.15, -0.1) is 0 Å². The van der Waals surface area contributed by atoms with Crippen LogP contribution < -0.4 is 0 Å². The maximum absolute atomic E-state index is 12.9. The lowest BCUT2D eigenvalue weighted by Crippen LogP contribution is -2.37. The average Bonchev–Trinajstić information content (AvgIpc) is 1.08. The first-order valence-corrected chi connectivity index (χ1v) is 42.1. The number of likely N-dealkylation sites (N-methyl/N-ethyl adjacent to an activating group) is 1. The Morgan fingerprint density at radius 2 is 0.551 bits per heavy atom. The number of unbranched alkanes of at least 4 members (excludes halogenated alkanes) is 36. The number of nitrogens with zero attached hydrogens (tertiary/aromatic N) is 1. The lowest BCUT2D eigenvalue weighted by Gasteiger charge is -2.24. The number of hydrogen-bond acceptors (Lipinski definition) is 7. The van der Waals surface area contributed by atoms with Crippen molar-refractivity contribution in [3.05, 3.63) is 146 Å². The van der Waals surface area contributed by atoms with Crippen molar-refractivity contribution in [2.24, 2.45) is 0 Å². The van der Waals surface area contributed by atoms with Gasteiger partial charge in [0.05, 0.1) is 27.7 Å². The molecule has 0 aromatic rings. The molecule has 0 aliphatic heterocycles. The van der Waals surface area contributed by atoms with Gasteiger partial charge in [-0.3, -0.25) is 18.6 Å². The van der Waals surface area contributed by atoms with E-state index in [1.165, 1.54) is 199 Å². The van der Waals surface area contributed by atoms with Crippen LogP contribution in [0.3, 0.4) is 0 Å². The first-order chi connectivity index (χ1) is 48.0. The summed E-state index contributed by atoms with van der Waals surface area (Å²) in [5.74, 6) is -0.788. The molecule has 10 heteroatoms. The second kappa shape index (κ2) is 77.1. The Bertz CT molecular complexity index is 2170. The van der Waals surface area contributed by atoms with E-state index in [2.05, 4.69) is 160 Å². The molecule has 0 aromatic heterocycles. The van der Waals surface area contributed by atoms with Crippen molar-refractivity contribution in [3.63, 3.8) is 0 Å². The van der Waals surface area contributed by atoms with Crippen LogP contribution >= 0.6 is 7.82 Å². The number of carbonyl (C=O) groups excluding carboxylic acids is 2. The molecule has 0 bridgehead atoms. The van der Waals surface area contributed by atoms with Crippen LogP contribution in [0.25, 0.3) is 0 Å². The Morgan fingerprint density at radius 3 is 0.816 bits per heavy atom. The molecule has 0 saturated carbocycles. The minimum atomic E-state index is -4.40. The number of phosphoric ester groups is 1. The molecule has 2 atom stereocenters. The van der Waals surface area contributed by atoms with Crippen molar-refractivity contribution < 1.29 is 42.1 Å². The number of rotatable bonds is 74. The standard InChI is InChI=1S/C88H152NO8P/c1-6-8-10-12-14-16-18-20-22-24-26-28-30-32-34-36-38-40-42-44-46-48-50-52-54-56-58-60-62-64-66-68-70-72-74-76-78-80-87(90)94-84-86(85-96-98(92,93)95-83-82-89(3,4)5)97-88(91)81-79-77-75-73-71-69-67-65-63-61-59-57-55-53-51-49-47-45-43-41-39-37-35-33-31-29-27-25-23-21-19-17-15-13-11-9-7-2/h8-11,14-17,20-23,26-29,32-35,39,41,45,47,86H,6-7,12-13,18-19,24-25,30-31,36-38,40,42-44,46,48-85H2,1-5H3/p+1/b10-8-,11-9-,16-14-,17-15-,22-20-,23-21-,28-26-,29-27-,34-32-,35-33-,41-39-,47-45-. The molecule has 0 aromatic carbocycles. The van der Waals surface area contributed by atoms with E-state index in [9.17, 15) is 19.0 Å². The molecule has 0 saturated heterocycles. The summed E-state index contributed by atoms with van der Waals surface area (Å²) in [4.78, 5) is 36.0. The summed E-state index contributed by atoms with van der Waals surface area (Å²) < 4.78 is 34.8. The van der Waals surface area contributed by atoms with Crippen LogP contribution in [0.5, 0.6) is 0 Å². The van der Waals surface area contributed by atoms with Crippen LogP contribution in [-0.2, 0) is 32.7 Å². The number of carbonyl (C=O) groups is 2. The number of phosphoric acid groups is 1. The van der Waals surface area contributed by atoms with Gasteiger partial charge in [0.15, 0.2) is 6.10 Å². The highest BCUT2D eigenvalue weighted by molar-refractivity contribution is 7.47. The van der Waals surface area contributed by atoms with Gasteiger partial charge in [-0.25, -0.2) is 4.57 Å². The first kappa shape index (κ1) is 93.9. The molecule has 98 heavy (non-hydrogen) atoms. The van der Waals surface area contributed by atoms with E-state index < -0.39 is 26.5 Å². The van der Waals surface area contributed by atoms with Crippen molar-refractivity contribution in [2.75, 3.05) is 47.5 Å². The van der Waals surface area contributed by atoms with Crippen LogP contribution in [0.1, 0.15) is 348 Å². The molecule has 0 amide bonds. The summed E-state index contributed by atoms with van der Waals surface area (Å²) in [6, 6.07) is 0. The largest absolute Gasteiger partial charge is 0.472 e. The van der Waals surface area contributed by atoms with E-state index >= 15 is 0 Å². The number of esters is 2. The van der Waals surface area contributed by atoms with Crippen LogP contribution in [-0.4, -0.2) is 74.9 Å². The SMILES string of the molecule is CC/C=C\C/C=C\C/C=C\C/C=C\C/C=C\C/C=C\C/C=C\CCCCCCCCCCCCCCCCCC(=O)OC(COC(=O)CCCCCCCCCCCCCCCCCCCCCCC/C=C\C/C=C\C/C=C\C/C=C\C/C=C\CC)COP(=O)(O)OCC[N+](C)(C)C. The third-order valence-corrected chi connectivity index (χ3v) is 18.3. The third kappa shape index (κ3) is 80.9. The number of allylic oxidation sites excluding steroid dienone is 24. The van der Waals surface area contributed by atoms with E-state index in [0.717, 1.165) is 116 Å². The molecule has 0 aliphatic carbocycles. The zero-order valence-corrected chi connectivity index (χ0v) is 65.1. The van der Waals surface area contributed by atoms with Gasteiger partial charge < -0.3 is 18.9 Å². The molecule has 1 N–H and O–H groups in total. The molecule has 562 valence electrons. The average molecular weight is 1380 g/mol. The lowest BCUT2D eigenvalue weighted by atomic mass is 10.0. The minimum absolute atomic E-state index is 0.0286. The lowest BCUT2D eigenvalue weighted by molar-refractivity contribution is -0.870. The highest BCUT2D eigenvalue weighted by Crippen LogP contribution is 2.43. The van der Waals surface area contributed by atoms with E-state index in [-0.39, 0.29) is 32.0 Å². The van der Waals surface area contributed by atoms with Crippen LogP contribution in [0.15, 0.2) is 146 Å². The maximum atomic E-state index is 12.9. The van der Waals surface area contributed by atoms with Crippen molar-refractivity contribution in [1.82, 2.24) is 0 Å². The van der Waals surface area contributed by atoms with Gasteiger partial charge in [0, 0.05) is 12.8 Å². The molecule has 0 heterocycles. The molecule has 0 fully saturated rings. The molecule has 0 spiro atoms. The number of hydrogen-bond donors (Lipinski definition) is 1. The van der Waals surface area contributed by atoms with Gasteiger partial charge >= 0.3 is 19.8 Å². The van der Waals surface area contributed by atoms with Gasteiger partial charge in [-0.05, 0) is 116 Å². The normalized spacial score (nSPS) is 13.8. The first-order valence-electron chi connectivity index (χ1n) is 40.6. The number of quaternary nitrogens is 1. The van der Waals surface area contributed by atoms with Crippen molar-refractivity contribution >= 4 is 19.8 Å². The fourth-order valence-electron chi connectivity index (χ4n) is 11.3. The smallest absolute Gasteiger partial charge is 0.462 e.